The maximum atomic E-state index is 13.1. The highest BCUT2D eigenvalue weighted by Gasteiger charge is 2.46. The van der Waals surface area contributed by atoms with Crippen LogP contribution in [0, 0.1) is 17.7 Å². The Kier molecular flexibility index (Phi) is 5.16. The maximum Gasteiger partial charge on any atom is 0.335 e. The van der Waals surface area contributed by atoms with Crippen molar-refractivity contribution in [1.29, 1.82) is 0 Å². The van der Waals surface area contributed by atoms with E-state index in [2.05, 4.69) is 0 Å². The lowest BCUT2D eigenvalue weighted by Crippen LogP contribution is -2.40. The molecule has 1 heterocycles. The van der Waals surface area contributed by atoms with Crippen LogP contribution in [0.1, 0.15) is 46.7 Å². The fourth-order valence-corrected chi connectivity index (χ4v) is 4.36. The highest BCUT2D eigenvalue weighted by Crippen LogP contribution is 2.48. The van der Waals surface area contributed by atoms with Crippen LogP contribution in [-0.2, 0) is 11.2 Å². The summed E-state index contributed by atoms with van der Waals surface area (Å²) in [6, 6.07) is 13.6. The van der Waals surface area contributed by atoms with Crippen LogP contribution in [-0.4, -0.2) is 35.0 Å². The van der Waals surface area contributed by atoms with Crippen molar-refractivity contribution in [2.24, 2.45) is 11.8 Å². The minimum Gasteiger partial charge on any atom is -0.478 e. The largest absolute Gasteiger partial charge is 0.478 e. The van der Waals surface area contributed by atoms with Crippen molar-refractivity contribution < 1.29 is 19.1 Å². The number of aromatic carboxylic acids is 1. The number of nitrogens with zero attached hydrogens (tertiary/aromatic N) is 1. The highest BCUT2D eigenvalue weighted by molar-refractivity contribution is 5.89. The van der Waals surface area contributed by atoms with Crippen LogP contribution in [0.4, 0.5) is 4.39 Å². The molecule has 28 heavy (non-hydrogen) atoms. The summed E-state index contributed by atoms with van der Waals surface area (Å²) in [6.45, 7) is 1.46. The molecule has 1 N–H and O–H groups in total. The average Bonchev–Trinajstić information content (AvgIpc) is 3.50. The molecule has 5 heteroatoms. The van der Waals surface area contributed by atoms with Gasteiger partial charge in [0.15, 0.2) is 0 Å². The number of benzene rings is 2. The van der Waals surface area contributed by atoms with Crippen LogP contribution in [0.5, 0.6) is 0 Å². The molecule has 0 spiro atoms. The standard InChI is InChI=1S/C23H24FNO3/c24-18-7-5-16(6-8-18)20-14-21(20)22(26)25-11-9-15(10-12-25)13-17-3-1-2-4-19(17)23(27)28/h1-8,15,20-21H,9-14H2,(H,27,28). The van der Waals surface area contributed by atoms with E-state index in [0.29, 0.717) is 11.5 Å². The van der Waals surface area contributed by atoms with Gasteiger partial charge in [0.05, 0.1) is 5.56 Å². The number of piperidine rings is 1. The van der Waals surface area contributed by atoms with Crippen molar-refractivity contribution in [1.82, 2.24) is 4.90 Å². The molecule has 2 unspecified atom stereocenters. The van der Waals surface area contributed by atoms with Crippen LogP contribution in [0.15, 0.2) is 48.5 Å². The Morgan fingerprint density at radius 1 is 1.04 bits per heavy atom. The number of carbonyl (C=O) groups excluding carboxylic acids is 1. The molecule has 4 rings (SSSR count). The van der Waals surface area contributed by atoms with Crippen molar-refractivity contribution in [3.05, 3.63) is 71.0 Å². The van der Waals surface area contributed by atoms with E-state index >= 15 is 0 Å². The van der Waals surface area contributed by atoms with Crippen molar-refractivity contribution >= 4 is 11.9 Å². The van der Waals surface area contributed by atoms with Gasteiger partial charge in [0, 0.05) is 19.0 Å². The van der Waals surface area contributed by atoms with Gasteiger partial charge in [0.1, 0.15) is 5.82 Å². The second-order valence-corrected chi connectivity index (χ2v) is 7.94. The fraction of sp³-hybridized carbons (Fsp3) is 0.391. The molecule has 1 saturated heterocycles. The summed E-state index contributed by atoms with van der Waals surface area (Å²) in [7, 11) is 0. The van der Waals surface area contributed by atoms with E-state index in [1.807, 2.05) is 17.0 Å². The number of carbonyl (C=O) groups is 2. The molecule has 0 aromatic heterocycles. The lowest BCUT2D eigenvalue weighted by atomic mass is 9.88. The first-order valence-electron chi connectivity index (χ1n) is 9.88. The number of rotatable bonds is 5. The number of hydrogen-bond donors (Lipinski definition) is 1. The number of carboxylic acids is 1. The predicted molar refractivity (Wildman–Crippen MR) is 104 cm³/mol. The van der Waals surface area contributed by atoms with Crippen molar-refractivity contribution in [2.45, 2.75) is 31.6 Å². The van der Waals surface area contributed by atoms with E-state index in [4.69, 9.17) is 0 Å². The smallest absolute Gasteiger partial charge is 0.335 e. The molecule has 0 radical (unpaired) electrons. The summed E-state index contributed by atoms with van der Waals surface area (Å²) in [5.41, 5.74) is 2.29. The third-order valence-corrected chi connectivity index (χ3v) is 6.09. The Bertz CT molecular complexity index is 872. The number of likely N-dealkylation sites (tertiary alicyclic amines) is 1. The first-order valence-corrected chi connectivity index (χ1v) is 9.88. The van der Waals surface area contributed by atoms with Gasteiger partial charge in [0.25, 0.3) is 0 Å². The fourth-order valence-electron chi connectivity index (χ4n) is 4.36. The normalized spacial score (nSPS) is 22.1. The molecular weight excluding hydrogens is 357 g/mol. The third kappa shape index (κ3) is 3.93. The molecule has 1 amide bonds. The first kappa shape index (κ1) is 18.7. The van der Waals surface area contributed by atoms with Gasteiger partial charge in [-0.3, -0.25) is 4.79 Å². The van der Waals surface area contributed by atoms with Crippen LogP contribution in [0.2, 0.25) is 0 Å². The predicted octanol–water partition coefficient (Wildman–Crippen LogP) is 4.11. The molecule has 2 fully saturated rings. The number of amides is 1. The zero-order valence-electron chi connectivity index (χ0n) is 15.7. The molecular formula is C23H24FNO3. The molecule has 2 aromatic rings. The van der Waals surface area contributed by atoms with Crippen molar-refractivity contribution in [3.63, 3.8) is 0 Å². The molecule has 2 aromatic carbocycles. The minimum absolute atomic E-state index is 0.0229. The van der Waals surface area contributed by atoms with Gasteiger partial charge in [-0.1, -0.05) is 30.3 Å². The quantitative estimate of drug-likeness (QED) is 0.848. The summed E-state index contributed by atoms with van der Waals surface area (Å²) in [4.78, 5) is 26.1. The molecule has 1 aliphatic carbocycles. The van der Waals surface area contributed by atoms with Crippen molar-refractivity contribution in [3.8, 4) is 0 Å². The van der Waals surface area contributed by atoms with E-state index in [0.717, 1.165) is 49.9 Å². The maximum absolute atomic E-state index is 13.1. The SMILES string of the molecule is O=C(O)c1ccccc1CC1CCN(C(=O)C2CC2c2ccc(F)cc2)CC1. The van der Waals surface area contributed by atoms with Crippen LogP contribution >= 0.6 is 0 Å². The molecule has 0 bridgehead atoms. The van der Waals surface area contributed by atoms with Gasteiger partial charge < -0.3 is 10.0 Å². The Morgan fingerprint density at radius 2 is 1.71 bits per heavy atom. The summed E-state index contributed by atoms with van der Waals surface area (Å²) in [5.74, 6) is -0.291. The highest BCUT2D eigenvalue weighted by atomic mass is 19.1. The zero-order chi connectivity index (χ0) is 19.7. The van der Waals surface area contributed by atoms with Crippen LogP contribution < -0.4 is 0 Å². The lowest BCUT2D eigenvalue weighted by Gasteiger charge is -2.32. The first-order chi connectivity index (χ1) is 13.5. The van der Waals surface area contributed by atoms with Crippen LogP contribution in [0.3, 0.4) is 0 Å². The Labute approximate surface area is 164 Å². The molecule has 146 valence electrons. The second-order valence-electron chi connectivity index (χ2n) is 7.94. The van der Waals surface area contributed by atoms with E-state index in [-0.39, 0.29) is 23.6 Å². The number of hydrogen-bond acceptors (Lipinski definition) is 2. The molecule has 1 aliphatic heterocycles. The molecule has 2 atom stereocenters. The van der Waals surface area contributed by atoms with E-state index in [1.54, 1.807) is 24.3 Å². The third-order valence-electron chi connectivity index (χ3n) is 6.09. The van der Waals surface area contributed by atoms with Crippen LogP contribution in [0.25, 0.3) is 0 Å². The second kappa shape index (κ2) is 7.74. The summed E-state index contributed by atoms with van der Waals surface area (Å²) >= 11 is 0. The van der Waals surface area contributed by atoms with Gasteiger partial charge in [0.2, 0.25) is 5.91 Å². The van der Waals surface area contributed by atoms with Gasteiger partial charge in [-0.25, -0.2) is 9.18 Å². The van der Waals surface area contributed by atoms with Gasteiger partial charge >= 0.3 is 5.97 Å². The van der Waals surface area contributed by atoms with E-state index in [1.165, 1.54) is 12.1 Å². The zero-order valence-corrected chi connectivity index (χ0v) is 15.7. The van der Waals surface area contributed by atoms with E-state index in [9.17, 15) is 19.1 Å². The topological polar surface area (TPSA) is 57.6 Å². The van der Waals surface area contributed by atoms with Gasteiger partial charge in [-0.05, 0) is 66.8 Å². The van der Waals surface area contributed by atoms with Gasteiger partial charge in [-0.15, -0.1) is 0 Å². The summed E-state index contributed by atoms with van der Waals surface area (Å²) in [6.07, 6.45) is 3.38. The Morgan fingerprint density at radius 3 is 2.39 bits per heavy atom. The summed E-state index contributed by atoms with van der Waals surface area (Å²) in [5, 5.41) is 9.34. The van der Waals surface area contributed by atoms with Crippen molar-refractivity contribution in [2.75, 3.05) is 13.1 Å². The van der Waals surface area contributed by atoms with Gasteiger partial charge in [-0.2, -0.15) is 0 Å². The molecule has 4 nitrogen and oxygen atoms in total. The Hall–Kier alpha value is -2.69. The molecule has 1 saturated carbocycles. The monoisotopic (exact) mass is 381 g/mol. The van der Waals surface area contributed by atoms with E-state index < -0.39 is 5.97 Å². The lowest BCUT2D eigenvalue weighted by molar-refractivity contribution is -0.134. The average molecular weight is 381 g/mol. The summed E-state index contributed by atoms with van der Waals surface area (Å²) < 4.78 is 13.1. The minimum atomic E-state index is -0.885. The molecule has 2 aliphatic rings. The number of carboxylic acid groups (broad SMARTS) is 1. The Balaban J connectivity index is 1.31. The number of halogens is 1.